The van der Waals surface area contributed by atoms with E-state index in [1.54, 1.807) is 18.5 Å². The molecule has 0 unspecified atom stereocenters. The summed E-state index contributed by atoms with van der Waals surface area (Å²) in [7, 11) is 0. The van der Waals surface area contributed by atoms with E-state index in [9.17, 15) is 0 Å². The van der Waals surface area contributed by atoms with E-state index in [0.717, 1.165) is 30.9 Å². The molecular formula is C9H13N3O. The van der Waals surface area contributed by atoms with Gasteiger partial charge in [0.25, 0.3) is 0 Å². The summed E-state index contributed by atoms with van der Waals surface area (Å²) < 4.78 is 5.27. The highest BCUT2D eigenvalue weighted by atomic mass is 16.5. The molecule has 2 heterocycles. The van der Waals surface area contributed by atoms with Gasteiger partial charge in [-0.3, -0.25) is 4.98 Å². The van der Waals surface area contributed by atoms with Crippen molar-refractivity contribution in [2.75, 3.05) is 24.2 Å². The standard InChI is InChI=1S/C9H13N3O/c10-8-1-3-11-6-9(8)12-5-7-2-4-13-7/h1,3,6-7,12H,2,4-5H2,(H2,10,11)/t7-/m0/s1. The van der Waals surface area contributed by atoms with Gasteiger partial charge in [0.2, 0.25) is 0 Å². The molecule has 1 saturated heterocycles. The van der Waals surface area contributed by atoms with Crippen molar-refractivity contribution < 1.29 is 4.74 Å². The normalized spacial score (nSPS) is 20.8. The smallest absolute Gasteiger partial charge is 0.0769 e. The van der Waals surface area contributed by atoms with Gasteiger partial charge in [-0.1, -0.05) is 0 Å². The van der Waals surface area contributed by atoms with Crippen molar-refractivity contribution in [1.82, 2.24) is 4.98 Å². The number of hydrogen-bond donors (Lipinski definition) is 2. The molecule has 0 saturated carbocycles. The van der Waals surface area contributed by atoms with Gasteiger partial charge in [0, 0.05) is 19.3 Å². The van der Waals surface area contributed by atoms with Crippen LogP contribution >= 0.6 is 0 Å². The Morgan fingerprint density at radius 2 is 2.54 bits per heavy atom. The van der Waals surface area contributed by atoms with Crippen LogP contribution in [-0.2, 0) is 4.74 Å². The summed E-state index contributed by atoms with van der Waals surface area (Å²) in [5, 5.41) is 3.20. The van der Waals surface area contributed by atoms with Crippen molar-refractivity contribution in [3.8, 4) is 0 Å². The summed E-state index contributed by atoms with van der Waals surface area (Å²) in [6.45, 7) is 1.70. The first kappa shape index (κ1) is 8.31. The SMILES string of the molecule is Nc1ccncc1NC[C@@H]1CCO1. The monoisotopic (exact) mass is 179 g/mol. The molecule has 1 aromatic heterocycles. The van der Waals surface area contributed by atoms with Crippen molar-refractivity contribution in [3.05, 3.63) is 18.5 Å². The predicted molar refractivity (Wildman–Crippen MR) is 51.5 cm³/mol. The van der Waals surface area contributed by atoms with Gasteiger partial charge in [0.1, 0.15) is 0 Å². The molecule has 1 fully saturated rings. The summed E-state index contributed by atoms with van der Waals surface area (Å²) in [6.07, 6.45) is 4.89. The second-order valence-electron chi connectivity index (χ2n) is 3.13. The molecule has 1 aromatic rings. The molecule has 0 aliphatic carbocycles. The molecule has 2 rings (SSSR count). The number of aromatic nitrogens is 1. The van der Waals surface area contributed by atoms with E-state index in [2.05, 4.69) is 10.3 Å². The first-order chi connectivity index (χ1) is 6.36. The molecule has 0 aromatic carbocycles. The lowest BCUT2D eigenvalue weighted by molar-refractivity contribution is -0.0410. The number of hydrogen-bond acceptors (Lipinski definition) is 4. The topological polar surface area (TPSA) is 60.2 Å². The maximum Gasteiger partial charge on any atom is 0.0769 e. The van der Waals surface area contributed by atoms with Crippen molar-refractivity contribution in [2.45, 2.75) is 12.5 Å². The Morgan fingerprint density at radius 3 is 3.15 bits per heavy atom. The Hall–Kier alpha value is -1.29. The van der Waals surface area contributed by atoms with Gasteiger partial charge in [0.15, 0.2) is 0 Å². The van der Waals surface area contributed by atoms with Crippen LogP contribution in [0, 0.1) is 0 Å². The number of ether oxygens (including phenoxy) is 1. The van der Waals surface area contributed by atoms with E-state index < -0.39 is 0 Å². The molecule has 1 aliphatic rings. The third-order valence-corrected chi connectivity index (χ3v) is 2.17. The van der Waals surface area contributed by atoms with Crippen LogP contribution in [-0.4, -0.2) is 24.2 Å². The molecule has 70 valence electrons. The van der Waals surface area contributed by atoms with E-state index in [0.29, 0.717) is 6.10 Å². The van der Waals surface area contributed by atoms with E-state index in [1.807, 2.05) is 0 Å². The average Bonchev–Trinajstić information content (AvgIpc) is 2.05. The Kier molecular flexibility index (Phi) is 2.31. The molecular weight excluding hydrogens is 166 g/mol. The number of rotatable bonds is 3. The Bertz CT molecular complexity index is 286. The van der Waals surface area contributed by atoms with Crippen LogP contribution < -0.4 is 11.1 Å². The third-order valence-electron chi connectivity index (χ3n) is 2.17. The Balaban J connectivity index is 1.89. The molecule has 0 radical (unpaired) electrons. The second kappa shape index (κ2) is 3.62. The largest absolute Gasteiger partial charge is 0.397 e. The number of pyridine rings is 1. The zero-order chi connectivity index (χ0) is 9.10. The van der Waals surface area contributed by atoms with Gasteiger partial charge in [-0.2, -0.15) is 0 Å². The highest BCUT2D eigenvalue weighted by Gasteiger charge is 2.17. The van der Waals surface area contributed by atoms with Crippen LogP contribution in [0.3, 0.4) is 0 Å². The lowest BCUT2D eigenvalue weighted by Crippen LogP contribution is -2.33. The maximum atomic E-state index is 5.72. The predicted octanol–water partition coefficient (Wildman–Crippen LogP) is 0.865. The maximum absolute atomic E-state index is 5.72. The lowest BCUT2D eigenvalue weighted by atomic mass is 10.2. The first-order valence-electron chi connectivity index (χ1n) is 4.41. The van der Waals surface area contributed by atoms with Gasteiger partial charge >= 0.3 is 0 Å². The minimum Gasteiger partial charge on any atom is -0.397 e. The van der Waals surface area contributed by atoms with E-state index in [4.69, 9.17) is 10.5 Å². The van der Waals surface area contributed by atoms with E-state index >= 15 is 0 Å². The first-order valence-corrected chi connectivity index (χ1v) is 4.41. The number of nitrogens with zero attached hydrogens (tertiary/aromatic N) is 1. The van der Waals surface area contributed by atoms with Gasteiger partial charge in [0.05, 0.1) is 23.7 Å². The minimum atomic E-state index is 0.347. The molecule has 4 nitrogen and oxygen atoms in total. The fourth-order valence-electron chi connectivity index (χ4n) is 1.22. The van der Waals surface area contributed by atoms with Crippen LogP contribution in [0.4, 0.5) is 11.4 Å². The van der Waals surface area contributed by atoms with Crippen LogP contribution in [0.5, 0.6) is 0 Å². The van der Waals surface area contributed by atoms with Crippen LogP contribution in [0.15, 0.2) is 18.5 Å². The third kappa shape index (κ3) is 1.89. The summed E-state index contributed by atoms with van der Waals surface area (Å²) >= 11 is 0. The molecule has 4 heteroatoms. The lowest BCUT2D eigenvalue weighted by Gasteiger charge is -2.26. The fraction of sp³-hybridized carbons (Fsp3) is 0.444. The van der Waals surface area contributed by atoms with E-state index in [-0.39, 0.29) is 0 Å². The number of nitrogen functional groups attached to an aromatic ring is 1. The summed E-state index contributed by atoms with van der Waals surface area (Å²) in [5.74, 6) is 0. The summed E-state index contributed by atoms with van der Waals surface area (Å²) in [6, 6.07) is 1.78. The number of nitrogens with two attached hydrogens (primary N) is 1. The zero-order valence-electron chi connectivity index (χ0n) is 7.36. The molecule has 0 bridgehead atoms. The summed E-state index contributed by atoms with van der Waals surface area (Å²) in [5.41, 5.74) is 7.34. The van der Waals surface area contributed by atoms with Crippen molar-refractivity contribution in [1.29, 1.82) is 0 Å². The van der Waals surface area contributed by atoms with Crippen LogP contribution in [0.2, 0.25) is 0 Å². The fourth-order valence-corrected chi connectivity index (χ4v) is 1.22. The van der Waals surface area contributed by atoms with Gasteiger partial charge in [-0.05, 0) is 12.5 Å². The van der Waals surface area contributed by atoms with E-state index in [1.165, 1.54) is 0 Å². The quantitative estimate of drug-likeness (QED) is 0.722. The summed E-state index contributed by atoms with van der Waals surface area (Å²) in [4.78, 5) is 3.98. The van der Waals surface area contributed by atoms with Crippen molar-refractivity contribution >= 4 is 11.4 Å². The molecule has 1 atom stereocenters. The minimum absolute atomic E-state index is 0.347. The Morgan fingerprint density at radius 1 is 1.69 bits per heavy atom. The molecule has 3 N–H and O–H groups in total. The second-order valence-corrected chi connectivity index (χ2v) is 3.13. The number of anilines is 2. The van der Waals surface area contributed by atoms with Gasteiger partial charge in [-0.15, -0.1) is 0 Å². The van der Waals surface area contributed by atoms with Crippen LogP contribution in [0.25, 0.3) is 0 Å². The zero-order valence-corrected chi connectivity index (χ0v) is 7.36. The molecule has 0 spiro atoms. The number of nitrogens with one attached hydrogen (secondary N) is 1. The van der Waals surface area contributed by atoms with Gasteiger partial charge < -0.3 is 15.8 Å². The van der Waals surface area contributed by atoms with Crippen LogP contribution in [0.1, 0.15) is 6.42 Å². The molecule has 13 heavy (non-hydrogen) atoms. The highest BCUT2D eigenvalue weighted by Crippen LogP contribution is 2.17. The molecule has 0 amide bonds. The highest BCUT2D eigenvalue weighted by molar-refractivity contribution is 5.64. The van der Waals surface area contributed by atoms with Gasteiger partial charge in [-0.25, -0.2) is 0 Å². The van der Waals surface area contributed by atoms with Crippen molar-refractivity contribution in [3.63, 3.8) is 0 Å². The average molecular weight is 179 g/mol. The Labute approximate surface area is 77.1 Å². The molecule has 1 aliphatic heterocycles. The van der Waals surface area contributed by atoms with Crippen molar-refractivity contribution in [2.24, 2.45) is 0 Å².